The smallest absolute Gasteiger partial charge is 0.193 e. The van der Waals surface area contributed by atoms with E-state index in [0.717, 1.165) is 23.1 Å². The Morgan fingerprint density at radius 2 is 1.55 bits per heavy atom. The average Bonchev–Trinajstić information content (AvgIpc) is 3.24. The van der Waals surface area contributed by atoms with Gasteiger partial charge >= 0.3 is 0 Å². The average molecular weight is 385 g/mol. The lowest BCUT2D eigenvalue weighted by atomic mass is 10.1. The van der Waals surface area contributed by atoms with Crippen LogP contribution >= 0.6 is 15.9 Å². The van der Waals surface area contributed by atoms with E-state index in [0.29, 0.717) is 6.61 Å². The third-order valence-corrected chi connectivity index (χ3v) is 10.3. The van der Waals surface area contributed by atoms with E-state index in [-0.39, 0.29) is 5.60 Å². The lowest BCUT2D eigenvalue weighted by Crippen LogP contribution is -2.43. The van der Waals surface area contributed by atoms with Crippen LogP contribution in [-0.4, -0.2) is 20.5 Å². The minimum absolute atomic E-state index is 0.000204. The number of rotatable bonds is 8. The summed E-state index contributed by atoms with van der Waals surface area (Å²) in [6.45, 7) is 11.8. The maximum atomic E-state index is 6.71. The molecule has 0 aliphatic heterocycles. The maximum absolute atomic E-state index is 6.71. The van der Waals surface area contributed by atoms with E-state index < -0.39 is 8.32 Å². The predicted molar refractivity (Wildman–Crippen MR) is 99.4 cm³/mol. The van der Waals surface area contributed by atoms with Crippen LogP contribution in [0.5, 0.6) is 5.75 Å². The summed E-state index contributed by atoms with van der Waals surface area (Å²) in [5, 5.41) is 0. The second-order valence-corrected chi connectivity index (χ2v) is 12.3. The minimum Gasteiger partial charge on any atom is -0.490 e. The molecule has 124 valence electrons. The molecule has 0 aromatic heterocycles. The quantitative estimate of drug-likeness (QED) is 0.511. The summed E-state index contributed by atoms with van der Waals surface area (Å²) in [6.07, 6.45) is 2.30. The molecule has 0 atom stereocenters. The minimum atomic E-state index is -1.55. The number of benzene rings is 1. The van der Waals surface area contributed by atoms with Crippen LogP contribution in [0.25, 0.3) is 0 Å². The van der Waals surface area contributed by atoms with Crippen LogP contribution in [-0.2, 0) is 4.43 Å². The molecule has 0 amide bonds. The van der Waals surface area contributed by atoms with E-state index in [1.165, 1.54) is 29.3 Å². The van der Waals surface area contributed by atoms with Crippen molar-refractivity contribution in [3.8, 4) is 5.75 Å². The number of ether oxygens (including phenoxy) is 1. The van der Waals surface area contributed by atoms with Gasteiger partial charge in [0.1, 0.15) is 12.4 Å². The molecule has 1 aliphatic carbocycles. The SMILES string of the molecule is CC[Si](CC)(CC)OC1(COc2c(C)cc(Br)cc2C)CC1. The number of hydrogen-bond donors (Lipinski definition) is 0. The van der Waals surface area contributed by atoms with Crippen molar-refractivity contribution >= 4 is 24.2 Å². The topological polar surface area (TPSA) is 18.5 Å². The van der Waals surface area contributed by atoms with Crippen LogP contribution in [0.3, 0.4) is 0 Å². The highest BCUT2D eigenvalue weighted by molar-refractivity contribution is 9.10. The first-order chi connectivity index (χ1) is 10.4. The molecule has 2 nitrogen and oxygen atoms in total. The molecule has 0 radical (unpaired) electrons. The standard InChI is InChI=1S/C18H29BrO2Si/c1-6-22(7-2,8-3)21-18(9-10-18)13-20-17-14(4)11-16(19)12-15(17)5/h11-12H,6-10,13H2,1-5H3. The van der Waals surface area contributed by atoms with Gasteiger partial charge in [-0.3, -0.25) is 0 Å². The maximum Gasteiger partial charge on any atom is 0.193 e. The van der Waals surface area contributed by atoms with Gasteiger partial charge < -0.3 is 9.16 Å². The molecule has 0 N–H and O–H groups in total. The molecule has 2 rings (SSSR count). The highest BCUT2D eigenvalue weighted by atomic mass is 79.9. The Bertz CT molecular complexity index is 491. The molecule has 22 heavy (non-hydrogen) atoms. The molecule has 1 aliphatic rings. The molecule has 1 fully saturated rings. The van der Waals surface area contributed by atoms with E-state index >= 15 is 0 Å². The van der Waals surface area contributed by atoms with Crippen LogP contribution < -0.4 is 4.74 Å². The fourth-order valence-corrected chi connectivity index (χ4v) is 6.97. The lowest BCUT2D eigenvalue weighted by molar-refractivity contribution is 0.0964. The molecule has 1 saturated carbocycles. The van der Waals surface area contributed by atoms with E-state index in [2.05, 4.69) is 62.7 Å². The lowest BCUT2D eigenvalue weighted by Gasteiger charge is -2.33. The summed E-state index contributed by atoms with van der Waals surface area (Å²) in [4.78, 5) is 0. The van der Waals surface area contributed by atoms with Gasteiger partial charge in [-0.25, -0.2) is 0 Å². The molecule has 0 spiro atoms. The van der Waals surface area contributed by atoms with E-state index in [9.17, 15) is 0 Å². The third kappa shape index (κ3) is 3.95. The van der Waals surface area contributed by atoms with Gasteiger partial charge in [0.25, 0.3) is 0 Å². The fraction of sp³-hybridized carbons (Fsp3) is 0.667. The van der Waals surface area contributed by atoms with Gasteiger partial charge in [0.2, 0.25) is 0 Å². The second kappa shape index (κ2) is 7.06. The third-order valence-electron chi connectivity index (χ3n) is 5.08. The number of hydrogen-bond acceptors (Lipinski definition) is 2. The van der Waals surface area contributed by atoms with Crippen molar-refractivity contribution in [2.24, 2.45) is 0 Å². The molecule has 1 aromatic carbocycles. The zero-order valence-corrected chi connectivity index (χ0v) is 17.2. The highest BCUT2D eigenvalue weighted by Gasteiger charge is 2.50. The molecule has 4 heteroatoms. The Morgan fingerprint density at radius 1 is 1.05 bits per heavy atom. The molecule has 0 saturated heterocycles. The van der Waals surface area contributed by atoms with Crippen LogP contribution in [0.1, 0.15) is 44.7 Å². The Labute approximate surface area is 144 Å². The Hall–Kier alpha value is -0.323. The predicted octanol–water partition coefficient (Wildman–Crippen LogP) is 6.00. The van der Waals surface area contributed by atoms with Gasteiger partial charge in [0, 0.05) is 4.47 Å². The number of halogens is 1. The van der Waals surface area contributed by atoms with Crippen molar-refractivity contribution in [2.75, 3.05) is 6.61 Å². The highest BCUT2D eigenvalue weighted by Crippen LogP contribution is 2.45. The van der Waals surface area contributed by atoms with Crippen molar-refractivity contribution in [1.29, 1.82) is 0 Å². The summed E-state index contributed by atoms with van der Waals surface area (Å²) in [5.41, 5.74) is 2.38. The number of aryl methyl sites for hydroxylation is 2. The molecule has 0 unspecified atom stereocenters. The first-order valence-corrected chi connectivity index (χ1v) is 11.8. The normalized spacial score (nSPS) is 16.6. The molecular weight excluding hydrogens is 356 g/mol. The molecular formula is C18H29BrO2Si. The summed E-state index contributed by atoms with van der Waals surface area (Å²) >= 11 is 3.54. The van der Waals surface area contributed by atoms with Crippen molar-refractivity contribution in [2.45, 2.75) is 71.2 Å². The molecule has 0 heterocycles. The second-order valence-electron chi connectivity index (χ2n) is 6.69. The first kappa shape index (κ1) is 18.0. The summed E-state index contributed by atoms with van der Waals surface area (Å²) in [6, 6.07) is 7.85. The summed E-state index contributed by atoms with van der Waals surface area (Å²) < 4.78 is 14.0. The molecule has 0 bridgehead atoms. The zero-order chi connectivity index (χ0) is 16.4. The van der Waals surface area contributed by atoms with E-state index in [4.69, 9.17) is 9.16 Å². The van der Waals surface area contributed by atoms with Crippen molar-refractivity contribution in [3.05, 3.63) is 27.7 Å². The van der Waals surface area contributed by atoms with Crippen molar-refractivity contribution in [3.63, 3.8) is 0 Å². The van der Waals surface area contributed by atoms with E-state index in [1.54, 1.807) is 0 Å². The largest absolute Gasteiger partial charge is 0.490 e. The molecule has 1 aromatic rings. The monoisotopic (exact) mass is 384 g/mol. The van der Waals surface area contributed by atoms with Gasteiger partial charge in [-0.1, -0.05) is 36.7 Å². The first-order valence-electron chi connectivity index (χ1n) is 8.49. The van der Waals surface area contributed by atoms with Crippen LogP contribution in [0.4, 0.5) is 0 Å². The van der Waals surface area contributed by atoms with Gasteiger partial charge in [-0.2, -0.15) is 0 Å². The van der Waals surface area contributed by atoms with Crippen molar-refractivity contribution in [1.82, 2.24) is 0 Å². The van der Waals surface area contributed by atoms with Crippen molar-refractivity contribution < 1.29 is 9.16 Å². The van der Waals surface area contributed by atoms with Gasteiger partial charge in [0.05, 0.1) is 5.60 Å². The Balaban J connectivity index is 2.05. The summed E-state index contributed by atoms with van der Waals surface area (Å²) in [5.74, 6) is 1.02. The van der Waals surface area contributed by atoms with Crippen LogP contribution in [0.2, 0.25) is 18.1 Å². The van der Waals surface area contributed by atoms with Crippen LogP contribution in [0, 0.1) is 13.8 Å². The summed E-state index contributed by atoms with van der Waals surface area (Å²) in [7, 11) is -1.55. The van der Waals surface area contributed by atoms with Crippen LogP contribution in [0.15, 0.2) is 16.6 Å². The Kier molecular flexibility index (Phi) is 5.78. The van der Waals surface area contributed by atoms with Gasteiger partial charge in [0.15, 0.2) is 8.32 Å². The van der Waals surface area contributed by atoms with Gasteiger partial charge in [-0.05, 0) is 68.1 Å². The fourth-order valence-electron chi connectivity index (χ4n) is 3.17. The Morgan fingerprint density at radius 3 is 1.95 bits per heavy atom. The zero-order valence-electron chi connectivity index (χ0n) is 14.6. The van der Waals surface area contributed by atoms with E-state index in [1.807, 2.05) is 0 Å². The van der Waals surface area contributed by atoms with Gasteiger partial charge in [-0.15, -0.1) is 0 Å².